The summed E-state index contributed by atoms with van der Waals surface area (Å²) in [5, 5.41) is 21.4. The number of primary amides is 1. The van der Waals surface area contributed by atoms with Crippen LogP contribution < -0.4 is 26.6 Å². The molecule has 3 aliphatic heterocycles. The Labute approximate surface area is 534 Å². The lowest BCUT2D eigenvalue weighted by Gasteiger charge is -2.41. The lowest BCUT2D eigenvalue weighted by atomic mass is 9.78. The number of epoxide rings is 1. The van der Waals surface area contributed by atoms with Gasteiger partial charge in [-0.25, -0.2) is 9.59 Å². The Balaban J connectivity index is 1.21. The van der Waals surface area contributed by atoms with E-state index in [-0.39, 0.29) is 81.1 Å². The van der Waals surface area contributed by atoms with Crippen molar-refractivity contribution in [2.45, 2.75) is 173 Å². The van der Waals surface area contributed by atoms with Gasteiger partial charge in [-0.3, -0.25) is 38.5 Å². The molecule has 10 atom stereocenters. The number of allylic oxidation sites excluding steroid dienone is 3. The highest BCUT2D eigenvalue weighted by Gasteiger charge is 2.64. The van der Waals surface area contributed by atoms with E-state index in [0.717, 1.165) is 16.7 Å². The SMILES string of the molecule is C=C(CBr)C(=O)NCCCCCC(=O)C[C@H](C(=O)N[C@@H](CCCNC(N)=O)C(=O)Cc1ccc(C(=O)N(C)[C@@H](C)C(=O)O[C@H]2CC(=O)N(C)c3cc(cc(C)c3Cl)C/C(C)=C/C=C/[C@@H](OC)[C@]3(O)CC(=O)O[C@@H](C3)[C@@H](C)[C@@H]3O[C@@]23C)c2cccnc12)C(C)C. The van der Waals surface area contributed by atoms with E-state index in [9.17, 15) is 48.3 Å². The fourth-order valence-corrected chi connectivity index (χ4v) is 12.1. The number of rotatable bonds is 25. The first-order valence-corrected chi connectivity index (χ1v) is 31.8. The fraction of sp³-hybridized carbons (Fsp3) is 0.545. The molecule has 21 nitrogen and oxygen atoms in total. The monoisotopic (exact) mass is 1320 g/mol. The van der Waals surface area contributed by atoms with Gasteiger partial charge >= 0.3 is 18.0 Å². The van der Waals surface area contributed by atoms with Crippen molar-refractivity contribution < 1.29 is 67.2 Å². The van der Waals surface area contributed by atoms with Crippen molar-refractivity contribution in [2.75, 3.05) is 44.5 Å². The molecule has 0 unspecified atom stereocenters. The molecule has 2 aromatic carbocycles. The summed E-state index contributed by atoms with van der Waals surface area (Å²) in [5.74, 6) is -5.39. The van der Waals surface area contributed by atoms with Gasteiger partial charge in [0.15, 0.2) is 5.78 Å². The van der Waals surface area contributed by atoms with Crippen molar-refractivity contribution in [1.82, 2.24) is 25.8 Å². The second-order valence-corrected chi connectivity index (χ2v) is 25.4. The van der Waals surface area contributed by atoms with Crippen LogP contribution in [0.3, 0.4) is 0 Å². The Morgan fingerprint density at radius 2 is 1.75 bits per heavy atom. The number of aliphatic hydroxyl groups is 1. The largest absolute Gasteiger partial charge is 0.462 e. The molecule has 4 heterocycles. The van der Waals surface area contributed by atoms with Gasteiger partial charge < -0.3 is 55.5 Å². The van der Waals surface area contributed by atoms with Crippen LogP contribution in [0.1, 0.15) is 133 Å². The van der Waals surface area contributed by atoms with E-state index in [0.29, 0.717) is 70.3 Å². The van der Waals surface area contributed by atoms with Crippen LogP contribution in [0.2, 0.25) is 5.02 Å². The van der Waals surface area contributed by atoms with E-state index >= 15 is 0 Å². The first kappa shape index (κ1) is 71.2. The number of benzene rings is 2. The van der Waals surface area contributed by atoms with Gasteiger partial charge in [0.2, 0.25) is 17.7 Å². The quantitative estimate of drug-likeness (QED) is 0.0178. The number of aromatic nitrogens is 1. The van der Waals surface area contributed by atoms with Crippen LogP contribution >= 0.6 is 27.5 Å². The highest BCUT2D eigenvalue weighted by molar-refractivity contribution is 9.09. The van der Waals surface area contributed by atoms with Crippen LogP contribution in [0.15, 0.2) is 78.5 Å². The summed E-state index contributed by atoms with van der Waals surface area (Å²) >= 11 is 10.1. The summed E-state index contributed by atoms with van der Waals surface area (Å²) < 4.78 is 24.3. The molecular formula is C66H87BrClN7O14. The van der Waals surface area contributed by atoms with Crippen molar-refractivity contribution in [3.05, 3.63) is 106 Å². The van der Waals surface area contributed by atoms with E-state index < -0.39 is 101 Å². The number of nitrogens with zero attached hydrogens (tertiary/aromatic N) is 3. The van der Waals surface area contributed by atoms with Gasteiger partial charge in [0.25, 0.3) is 5.91 Å². The smallest absolute Gasteiger partial charge is 0.328 e. The summed E-state index contributed by atoms with van der Waals surface area (Å²) in [7, 11) is 4.47. The number of aryl methyl sites for hydroxylation is 1. The highest BCUT2D eigenvalue weighted by Crippen LogP contribution is 2.50. The maximum atomic E-state index is 14.7. The second kappa shape index (κ2) is 31.7. The number of carbonyl (C=O) groups excluding carboxylic acids is 9. The van der Waals surface area contributed by atoms with Crippen molar-refractivity contribution in [2.24, 2.45) is 23.5 Å². The number of anilines is 1. The zero-order valence-electron chi connectivity index (χ0n) is 52.7. The molecular weight excluding hydrogens is 1230 g/mol. The number of alkyl halides is 1. The van der Waals surface area contributed by atoms with Gasteiger partial charge in [0, 0.05) is 99.9 Å². The first-order chi connectivity index (χ1) is 42.0. The van der Waals surface area contributed by atoms with E-state index in [1.165, 1.54) is 43.1 Å². The third-order valence-electron chi connectivity index (χ3n) is 17.3. The molecule has 0 saturated carbocycles. The molecule has 23 heteroatoms. The summed E-state index contributed by atoms with van der Waals surface area (Å²) in [6.45, 7) is 16.7. The molecule has 0 radical (unpaired) electrons. The molecule has 484 valence electrons. The molecule has 6 N–H and O–H groups in total. The number of amides is 6. The van der Waals surface area contributed by atoms with E-state index in [4.69, 9.17) is 36.3 Å². The Kier molecular flexibility index (Phi) is 25.4. The predicted molar refractivity (Wildman–Crippen MR) is 341 cm³/mol. The van der Waals surface area contributed by atoms with Gasteiger partial charge in [0.1, 0.15) is 41.3 Å². The number of methoxy groups -OCH3 is 1. The number of fused-ring (bicyclic) bond motifs is 6. The molecule has 3 aromatic rings. The van der Waals surface area contributed by atoms with Crippen LogP contribution in [0.4, 0.5) is 10.5 Å². The number of pyridine rings is 1. The Hall–Kier alpha value is -6.85. The van der Waals surface area contributed by atoms with Gasteiger partial charge in [-0.2, -0.15) is 0 Å². The second-order valence-electron chi connectivity index (χ2n) is 24.5. The van der Waals surface area contributed by atoms with Crippen LogP contribution in [-0.2, 0) is 65.4 Å². The number of nitrogens with two attached hydrogens (primary N) is 1. The molecule has 0 spiro atoms. The zero-order chi connectivity index (χ0) is 65.7. The average molecular weight is 1320 g/mol. The maximum absolute atomic E-state index is 14.7. The summed E-state index contributed by atoms with van der Waals surface area (Å²) in [6, 6.07) is 7.11. The summed E-state index contributed by atoms with van der Waals surface area (Å²) in [5.41, 5.74) is 6.61. The fourth-order valence-electron chi connectivity index (χ4n) is 11.6. The van der Waals surface area contributed by atoms with Crippen LogP contribution in [0.25, 0.3) is 10.9 Å². The van der Waals surface area contributed by atoms with Gasteiger partial charge in [-0.1, -0.05) is 103 Å². The number of ether oxygens (including phenoxy) is 4. The van der Waals surface area contributed by atoms with Gasteiger partial charge in [-0.15, -0.1) is 0 Å². The summed E-state index contributed by atoms with van der Waals surface area (Å²) in [6.07, 6.45) is 5.14. The van der Waals surface area contributed by atoms with E-state index in [1.807, 2.05) is 45.9 Å². The number of ketones is 2. The number of halogens is 2. The third-order valence-corrected chi connectivity index (χ3v) is 18.5. The number of hydrogen-bond donors (Lipinski definition) is 5. The van der Waals surface area contributed by atoms with Crippen molar-refractivity contribution >= 4 is 97.3 Å². The maximum Gasteiger partial charge on any atom is 0.328 e. The molecule has 2 saturated heterocycles. The molecule has 0 aliphatic carbocycles. The normalized spacial score (nSPS) is 24.0. The number of likely N-dealkylation sites (N-methyl/N-ethyl adjacent to an activating group) is 1. The van der Waals surface area contributed by atoms with Crippen molar-refractivity contribution in [1.29, 1.82) is 0 Å². The molecule has 3 aliphatic rings. The minimum absolute atomic E-state index is 0.00813. The number of hydrogen-bond acceptors (Lipinski definition) is 15. The number of esters is 2. The molecule has 89 heavy (non-hydrogen) atoms. The molecule has 1 aromatic heterocycles. The average Bonchev–Trinajstić information content (AvgIpc) is 1.59. The number of unbranched alkanes of at least 4 members (excludes halogenated alkanes) is 2. The zero-order valence-corrected chi connectivity index (χ0v) is 55.1. The van der Waals surface area contributed by atoms with Crippen LogP contribution in [0, 0.1) is 24.7 Å². The number of nitrogens with one attached hydrogen (secondary N) is 3. The lowest BCUT2D eigenvalue weighted by molar-refractivity contribution is -0.187. The van der Waals surface area contributed by atoms with Crippen LogP contribution in [0.5, 0.6) is 0 Å². The number of Topliss-reactive ketones (excluding diaryl/α,β-unsaturated/α-hetero) is 2. The van der Waals surface area contributed by atoms with E-state index in [2.05, 4.69) is 43.4 Å². The standard InChI is InChI=1S/C66H87BrClN7O14/c1-37(2)48(32-45(76)19-13-12-14-25-71-60(80)40(5)36-67)61(81)73-49(21-17-27-72-64(69)84)51(77)31-44-23-24-47(46-20-16-26-70-58(44)46)62(82)74(9)42(7)63(83)88-54-33-55(78)75(10)50-30-43(29-39(4)57(50)68)28-38(3)18-15-22-53(86-11)66(85)34-52(87-56(79)35-66)41(6)59-65(54,8)89-59/h15-16,18,20,22-24,26,29-30,37,41-42,48-49,52-54,59,85H,5,12-14,17,19,21,25,27-28,31-36H2,1-4,6-11H3,(H,71,80)(H,73,81)(H3,69,72,84)/b22-15+,38-18+/t41-,42+,48+,49+,52+,53-,54+,59+,65+,66-/m1/s1. The Bertz CT molecular complexity index is 3230. The molecule has 6 amide bonds. The topological polar surface area (TPSA) is 296 Å². The minimum Gasteiger partial charge on any atom is -0.462 e. The number of carbonyl (C=O) groups is 9. The predicted octanol–water partition coefficient (Wildman–Crippen LogP) is 7.83. The number of urea groups is 1. The first-order valence-electron chi connectivity index (χ1n) is 30.3. The highest BCUT2D eigenvalue weighted by atomic mass is 79.9. The lowest BCUT2D eigenvalue weighted by Crippen LogP contribution is -2.53. The molecule has 4 bridgehead atoms. The van der Waals surface area contributed by atoms with Crippen LogP contribution in [-0.4, -0.2) is 155 Å². The van der Waals surface area contributed by atoms with Crippen molar-refractivity contribution in [3.63, 3.8) is 0 Å². The third kappa shape index (κ3) is 18.4. The molecule has 6 rings (SSSR count). The Morgan fingerprint density at radius 1 is 1.03 bits per heavy atom. The minimum atomic E-state index is -1.65. The Morgan fingerprint density at radius 3 is 2.44 bits per heavy atom. The van der Waals surface area contributed by atoms with Gasteiger partial charge in [-0.05, 0) is 101 Å². The van der Waals surface area contributed by atoms with Crippen molar-refractivity contribution in [3.8, 4) is 0 Å². The van der Waals surface area contributed by atoms with Gasteiger partial charge in [0.05, 0.1) is 41.2 Å². The summed E-state index contributed by atoms with van der Waals surface area (Å²) in [4.78, 5) is 130. The van der Waals surface area contributed by atoms with E-state index in [1.54, 1.807) is 51.2 Å². The molecule has 2 fully saturated rings.